The molecule has 0 spiro atoms. The number of amides is 1. The summed E-state index contributed by atoms with van der Waals surface area (Å²) < 4.78 is 3.29. The van der Waals surface area contributed by atoms with E-state index >= 15 is 0 Å². The second-order valence-corrected chi connectivity index (χ2v) is 4.46. The Morgan fingerprint density at radius 1 is 1.45 bits per heavy atom. The maximum absolute atomic E-state index is 12.0. The number of aromatic nitrogens is 4. The number of rotatable bonds is 5. The smallest absolute Gasteiger partial charge is 0.294 e. The molecule has 0 fully saturated rings. The van der Waals surface area contributed by atoms with E-state index in [1.165, 1.54) is 6.33 Å². The molecule has 1 amide bonds. The number of carbonyl (C=O) groups is 2. The fraction of sp³-hybridized carbons (Fsp3) is 0.385. The monoisotopic (exact) mass is 275 g/mol. The maximum atomic E-state index is 12.0. The van der Waals surface area contributed by atoms with E-state index in [9.17, 15) is 9.59 Å². The summed E-state index contributed by atoms with van der Waals surface area (Å²) in [7, 11) is 1.72. The highest BCUT2D eigenvalue weighted by molar-refractivity contribution is 6.42. The Labute approximate surface area is 116 Å². The first-order chi connectivity index (χ1) is 9.54. The summed E-state index contributed by atoms with van der Waals surface area (Å²) in [5.74, 6) is -0.586. The number of aryl methyl sites for hydroxylation is 2. The van der Waals surface area contributed by atoms with Crippen LogP contribution in [-0.2, 0) is 18.4 Å². The molecule has 2 aromatic heterocycles. The first-order valence-electron chi connectivity index (χ1n) is 6.38. The van der Waals surface area contributed by atoms with Gasteiger partial charge < -0.3 is 9.88 Å². The van der Waals surface area contributed by atoms with Crippen LogP contribution in [0.3, 0.4) is 0 Å². The van der Waals surface area contributed by atoms with E-state index < -0.39 is 11.7 Å². The Balaban J connectivity index is 2.08. The molecule has 2 aromatic rings. The van der Waals surface area contributed by atoms with E-state index in [4.69, 9.17) is 0 Å². The molecule has 20 heavy (non-hydrogen) atoms. The molecule has 0 aliphatic heterocycles. The summed E-state index contributed by atoms with van der Waals surface area (Å²) in [5.41, 5.74) is 0.353. The average molecular weight is 275 g/mol. The normalized spacial score (nSPS) is 12.2. The van der Waals surface area contributed by atoms with Crippen LogP contribution in [0.5, 0.6) is 0 Å². The zero-order chi connectivity index (χ0) is 14.7. The summed E-state index contributed by atoms with van der Waals surface area (Å²) in [6, 6.07) is 2.95. The second-order valence-electron chi connectivity index (χ2n) is 4.46. The number of hydrogen-bond acceptors (Lipinski definition) is 4. The molecule has 0 aliphatic rings. The second kappa shape index (κ2) is 5.68. The molecule has 2 heterocycles. The van der Waals surface area contributed by atoms with Gasteiger partial charge in [0.1, 0.15) is 12.2 Å². The molecule has 0 radical (unpaired) electrons. The molecule has 0 unspecified atom stereocenters. The van der Waals surface area contributed by atoms with Crippen molar-refractivity contribution in [3.05, 3.63) is 36.2 Å². The van der Waals surface area contributed by atoms with Crippen LogP contribution in [0.4, 0.5) is 0 Å². The molecule has 0 saturated carbocycles. The number of nitrogens with one attached hydrogen (secondary N) is 1. The lowest BCUT2D eigenvalue weighted by Gasteiger charge is -2.13. The highest BCUT2D eigenvalue weighted by Gasteiger charge is 2.22. The molecule has 0 bridgehead atoms. The Morgan fingerprint density at radius 3 is 2.80 bits per heavy atom. The SMILES string of the molecule is CCn1ncnc1[C@@H](C)NC(=O)C(=O)c1cccn1C. The van der Waals surface area contributed by atoms with Crippen molar-refractivity contribution in [1.29, 1.82) is 0 Å². The van der Waals surface area contributed by atoms with Crippen LogP contribution in [0.2, 0.25) is 0 Å². The van der Waals surface area contributed by atoms with Crippen LogP contribution in [0, 0.1) is 0 Å². The summed E-state index contributed by atoms with van der Waals surface area (Å²) >= 11 is 0. The van der Waals surface area contributed by atoms with E-state index in [1.54, 1.807) is 41.5 Å². The summed E-state index contributed by atoms with van der Waals surface area (Å²) in [4.78, 5) is 28.1. The molecular weight excluding hydrogens is 258 g/mol. The number of Topliss-reactive ketones (excluding diaryl/α,β-unsaturated/α-hetero) is 1. The van der Waals surface area contributed by atoms with Crippen LogP contribution < -0.4 is 5.32 Å². The van der Waals surface area contributed by atoms with Gasteiger partial charge in [0.05, 0.1) is 11.7 Å². The van der Waals surface area contributed by atoms with Crippen molar-refractivity contribution in [3.63, 3.8) is 0 Å². The quantitative estimate of drug-likeness (QED) is 0.643. The first kappa shape index (κ1) is 14.0. The molecule has 0 aliphatic carbocycles. The number of nitrogens with zero attached hydrogens (tertiary/aromatic N) is 4. The van der Waals surface area contributed by atoms with Gasteiger partial charge in [-0.3, -0.25) is 9.59 Å². The predicted octanol–water partition coefficient (Wildman–Crippen LogP) is 0.697. The maximum Gasteiger partial charge on any atom is 0.294 e. The zero-order valence-corrected chi connectivity index (χ0v) is 11.7. The van der Waals surface area contributed by atoms with Crippen molar-refractivity contribution in [1.82, 2.24) is 24.6 Å². The molecule has 0 saturated heterocycles. The number of hydrogen-bond donors (Lipinski definition) is 1. The fourth-order valence-electron chi connectivity index (χ4n) is 1.99. The highest BCUT2D eigenvalue weighted by atomic mass is 16.2. The summed E-state index contributed by atoms with van der Waals surface area (Å²) in [6.07, 6.45) is 3.15. The van der Waals surface area contributed by atoms with E-state index in [1.807, 2.05) is 6.92 Å². The first-order valence-corrected chi connectivity index (χ1v) is 6.38. The van der Waals surface area contributed by atoms with Gasteiger partial charge in [-0.1, -0.05) is 0 Å². The summed E-state index contributed by atoms with van der Waals surface area (Å²) in [6.45, 7) is 4.36. The van der Waals surface area contributed by atoms with Crippen LogP contribution in [-0.4, -0.2) is 31.0 Å². The molecule has 1 N–H and O–H groups in total. The standard InChI is InChI=1S/C13H17N5O2/c1-4-18-12(14-8-15-18)9(2)16-13(20)11(19)10-6-5-7-17(10)3/h5-9H,4H2,1-3H3,(H,16,20)/t9-/m1/s1. The van der Waals surface area contributed by atoms with E-state index in [2.05, 4.69) is 15.4 Å². The Bertz CT molecular complexity index is 628. The van der Waals surface area contributed by atoms with Crippen molar-refractivity contribution in [3.8, 4) is 0 Å². The minimum atomic E-state index is -0.648. The molecule has 1 atom stereocenters. The minimum absolute atomic E-state index is 0.353. The topological polar surface area (TPSA) is 81.8 Å². The highest BCUT2D eigenvalue weighted by Crippen LogP contribution is 2.09. The van der Waals surface area contributed by atoms with Crippen molar-refractivity contribution < 1.29 is 9.59 Å². The largest absolute Gasteiger partial charge is 0.348 e. The van der Waals surface area contributed by atoms with Gasteiger partial charge in [-0.15, -0.1) is 0 Å². The van der Waals surface area contributed by atoms with E-state index in [-0.39, 0.29) is 6.04 Å². The summed E-state index contributed by atoms with van der Waals surface area (Å²) in [5, 5.41) is 6.68. The lowest BCUT2D eigenvalue weighted by atomic mass is 10.2. The van der Waals surface area contributed by atoms with E-state index in [0.717, 1.165) is 0 Å². The Morgan fingerprint density at radius 2 is 2.20 bits per heavy atom. The van der Waals surface area contributed by atoms with Gasteiger partial charge >= 0.3 is 0 Å². The third-order valence-corrected chi connectivity index (χ3v) is 3.06. The van der Waals surface area contributed by atoms with Crippen LogP contribution in [0.15, 0.2) is 24.7 Å². The van der Waals surface area contributed by atoms with Crippen LogP contribution >= 0.6 is 0 Å². The zero-order valence-electron chi connectivity index (χ0n) is 11.7. The molecule has 7 heteroatoms. The van der Waals surface area contributed by atoms with Gasteiger partial charge in [-0.05, 0) is 26.0 Å². The average Bonchev–Trinajstić information content (AvgIpc) is 3.05. The van der Waals surface area contributed by atoms with Crippen molar-refractivity contribution >= 4 is 11.7 Å². The lowest BCUT2D eigenvalue weighted by molar-refractivity contribution is -0.117. The van der Waals surface area contributed by atoms with Crippen LogP contribution in [0.1, 0.15) is 36.2 Å². The Kier molecular flexibility index (Phi) is 3.97. The van der Waals surface area contributed by atoms with Crippen molar-refractivity contribution in [2.45, 2.75) is 26.4 Å². The van der Waals surface area contributed by atoms with Gasteiger partial charge in [0, 0.05) is 19.8 Å². The molecule has 106 valence electrons. The molecular formula is C13H17N5O2. The lowest BCUT2D eigenvalue weighted by Crippen LogP contribution is -2.35. The third kappa shape index (κ3) is 2.61. The number of ketones is 1. The van der Waals surface area contributed by atoms with Crippen LogP contribution in [0.25, 0.3) is 0 Å². The van der Waals surface area contributed by atoms with Gasteiger partial charge in [-0.25, -0.2) is 9.67 Å². The molecule has 2 rings (SSSR count). The van der Waals surface area contributed by atoms with Gasteiger partial charge in [0.2, 0.25) is 0 Å². The predicted molar refractivity (Wildman–Crippen MR) is 72.0 cm³/mol. The minimum Gasteiger partial charge on any atom is -0.348 e. The van der Waals surface area contributed by atoms with Crippen molar-refractivity contribution in [2.24, 2.45) is 7.05 Å². The Hall–Kier alpha value is -2.44. The fourth-order valence-corrected chi connectivity index (χ4v) is 1.99. The van der Waals surface area contributed by atoms with Gasteiger partial charge in [-0.2, -0.15) is 5.10 Å². The van der Waals surface area contributed by atoms with E-state index in [0.29, 0.717) is 18.1 Å². The molecule has 0 aromatic carbocycles. The van der Waals surface area contributed by atoms with Gasteiger partial charge in [0.15, 0.2) is 0 Å². The van der Waals surface area contributed by atoms with Crippen molar-refractivity contribution in [2.75, 3.05) is 0 Å². The number of carbonyl (C=O) groups excluding carboxylic acids is 2. The van der Waals surface area contributed by atoms with Gasteiger partial charge in [0.25, 0.3) is 11.7 Å². The third-order valence-electron chi connectivity index (χ3n) is 3.06. The molecule has 7 nitrogen and oxygen atoms in total.